The second-order valence-electron chi connectivity index (χ2n) is 5.10. The van der Waals surface area contributed by atoms with Gasteiger partial charge >= 0.3 is 12.1 Å². The van der Waals surface area contributed by atoms with Gasteiger partial charge in [-0.3, -0.25) is 0 Å². The molecular weight excluding hydrogens is 256 g/mol. The second kappa shape index (κ2) is 6.29. The molecule has 1 heterocycles. The van der Waals surface area contributed by atoms with Crippen LogP contribution in [0.3, 0.4) is 0 Å². The molecule has 0 aromatic heterocycles. The number of hydrogen-bond acceptors (Lipinski definition) is 5. The van der Waals surface area contributed by atoms with Crippen LogP contribution in [0.5, 0.6) is 0 Å². The van der Waals surface area contributed by atoms with Crippen molar-refractivity contribution in [3.63, 3.8) is 0 Å². The Kier molecular flexibility index (Phi) is 5.28. The number of carboxylic acid groups (broad SMARTS) is 1. The van der Waals surface area contributed by atoms with E-state index in [0.717, 1.165) is 12.3 Å². The van der Waals surface area contributed by atoms with Gasteiger partial charge in [0, 0.05) is 24.1 Å². The van der Waals surface area contributed by atoms with Crippen LogP contribution in [0.25, 0.3) is 0 Å². The highest BCUT2D eigenvalue weighted by Crippen LogP contribution is 2.12. The molecule has 18 heavy (non-hydrogen) atoms. The Labute approximate surface area is 111 Å². The molecule has 0 aromatic rings. The van der Waals surface area contributed by atoms with Crippen LogP contribution in [0, 0.1) is 0 Å². The zero-order chi connectivity index (χ0) is 13.8. The van der Waals surface area contributed by atoms with Gasteiger partial charge in [0.15, 0.2) is 0 Å². The van der Waals surface area contributed by atoms with Gasteiger partial charge < -0.3 is 20.5 Å². The van der Waals surface area contributed by atoms with E-state index in [4.69, 9.17) is 9.84 Å². The Morgan fingerprint density at radius 2 is 2.17 bits per heavy atom. The van der Waals surface area contributed by atoms with Gasteiger partial charge in [-0.25, -0.2) is 9.59 Å². The molecule has 7 heteroatoms. The Hall–Kier alpha value is -0.950. The van der Waals surface area contributed by atoms with Crippen molar-refractivity contribution in [3.8, 4) is 0 Å². The molecule has 6 nitrogen and oxygen atoms in total. The summed E-state index contributed by atoms with van der Waals surface area (Å²) in [6, 6.07) is -1.23. The Morgan fingerprint density at radius 3 is 2.61 bits per heavy atom. The van der Waals surface area contributed by atoms with E-state index < -0.39 is 23.7 Å². The Balaban J connectivity index is 2.57. The third-order valence-corrected chi connectivity index (χ3v) is 3.38. The Morgan fingerprint density at radius 1 is 1.50 bits per heavy atom. The van der Waals surface area contributed by atoms with Crippen molar-refractivity contribution in [1.82, 2.24) is 10.6 Å². The SMILES string of the molecule is CC(C)(C)OC(=O)NC(C(=O)O)C1CSCCN1. The van der Waals surface area contributed by atoms with Crippen molar-refractivity contribution in [2.75, 3.05) is 18.1 Å². The summed E-state index contributed by atoms with van der Waals surface area (Å²) in [6.45, 7) is 5.94. The predicted octanol–water partition coefficient (Wildman–Crippen LogP) is 0.669. The normalized spacial score (nSPS) is 22.1. The van der Waals surface area contributed by atoms with E-state index in [1.807, 2.05) is 0 Å². The lowest BCUT2D eigenvalue weighted by molar-refractivity contribution is -0.140. The summed E-state index contributed by atoms with van der Waals surface area (Å²) in [7, 11) is 0. The first-order valence-corrected chi connectivity index (χ1v) is 6.98. The lowest BCUT2D eigenvalue weighted by Gasteiger charge is -2.29. The molecule has 3 N–H and O–H groups in total. The number of ether oxygens (including phenoxy) is 1. The summed E-state index contributed by atoms with van der Waals surface area (Å²) in [5.41, 5.74) is -0.637. The molecule has 1 amide bonds. The molecule has 0 saturated carbocycles. The fourth-order valence-corrected chi connectivity index (χ4v) is 2.56. The lowest BCUT2D eigenvalue weighted by Crippen LogP contribution is -2.57. The van der Waals surface area contributed by atoms with Crippen molar-refractivity contribution in [2.24, 2.45) is 0 Å². The minimum atomic E-state index is -1.05. The van der Waals surface area contributed by atoms with Gasteiger partial charge in [-0.1, -0.05) is 0 Å². The van der Waals surface area contributed by atoms with Gasteiger partial charge in [-0.05, 0) is 20.8 Å². The summed E-state index contributed by atoms with van der Waals surface area (Å²) < 4.78 is 5.06. The van der Waals surface area contributed by atoms with Gasteiger partial charge in [-0.2, -0.15) is 11.8 Å². The minimum absolute atomic E-state index is 0.270. The van der Waals surface area contributed by atoms with Crippen molar-refractivity contribution in [1.29, 1.82) is 0 Å². The summed E-state index contributed by atoms with van der Waals surface area (Å²) >= 11 is 1.67. The van der Waals surface area contributed by atoms with Crippen LogP contribution >= 0.6 is 11.8 Å². The summed E-state index contributed by atoms with van der Waals surface area (Å²) in [6.07, 6.45) is -0.702. The molecule has 0 bridgehead atoms. The maximum atomic E-state index is 11.6. The van der Waals surface area contributed by atoms with E-state index in [0.29, 0.717) is 5.75 Å². The summed E-state index contributed by atoms with van der Waals surface area (Å²) in [4.78, 5) is 22.8. The fourth-order valence-electron chi connectivity index (χ4n) is 1.57. The molecular formula is C11H20N2O4S. The molecule has 0 radical (unpaired) electrons. The smallest absolute Gasteiger partial charge is 0.408 e. The van der Waals surface area contributed by atoms with Crippen LogP contribution in [0.2, 0.25) is 0 Å². The topological polar surface area (TPSA) is 87.7 Å². The van der Waals surface area contributed by atoms with Gasteiger partial charge in [0.2, 0.25) is 0 Å². The number of aliphatic carboxylic acids is 1. The second-order valence-corrected chi connectivity index (χ2v) is 6.25. The third kappa shape index (κ3) is 5.14. The maximum absolute atomic E-state index is 11.6. The predicted molar refractivity (Wildman–Crippen MR) is 69.9 cm³/mol. The van der Waals surface area contributed by atoms with E-state index in [1.165, 1.54) is 0 Å². The molecule has 1 aliphatic rings. The summed E-state index contributed by atoms with van der Waals surface area (Å²) in [5.74, 6) is 0.558. The average Bonchev–Trinajstić information content (AvgIpc) is 2.24. The zero-order valence-corrected chi connectivity index (χ0v) is 11.7. The van der Waals surface area contributed by atoms with Crippen molar-refractivity contribution >= 4 is 23.8 Å². The van der Waals surface area contributed by atoms with Crippen LogP contribution in [0.4, 0.5) is 4.79 Å². The van der Waals surface area contributed by atoms with E-state index in [2.05, 4.69) is 10.6 Å². The number of hydrogen-bond donors (Lipinski definition) is 3. The van der Waals surface area contributed by atoms with Gasteiger partial charge in [0.05, 0.1) is 0 Å². The largest absolute Gasteiger partial charge is 0.480 e. The lowest BCUT2D eigenvalue weighted by atomic mass is 10.1. The number of thioether (sulfide) groups is 1. The van der Waals surface area contributed by atoms with Gasteiger partial charge in [-0.15, -0.1) is 0 Å². The monoisotopic (exact) mass is 276 g/mol. The first-order valence-electron chi connectivity index (χ1n) is 5.83. The maximum Gasteiger partial charge on any atom is 0.408 e. The van der Waals surface area contributed by atoms with Crippen molar-refractivity contribution in [3.05, 3.63) is 0 Å². The van der Waals surface area contributed by atoms with E-state index in [9.17, 15) is 9.59 Å². The van der Waals surface area contributed by atoms with Crippen LogP contribution in [0.15, 0.2) is 0 Å². The van der Waals surface area contributed by atoms with Crippen molar-refractivity contribution < 1.29 is 19.4 Å². The van der Waals surface area contributed by atoms with E-state index in [-0.39, 0.29) is 6.04 Å². The van der Waals surface area contributed by atoms with Crippen LogP contribution < -0.4 is 10.6 Å². The first-order chi connectivity index (χ1) is 8.29. The van der Waals surface area contributed by atoms with Gasteiger partial charge in [0.25, 0.3) is 0 Å². The molecule has 1 fully saturated rings. The zero-order valence-electron chi connectivity index (χ0n) is 10.9. The highest BCUT2D eigenvalue weighted by Gasteiger charge is 2.32. The van der Waals surface area contributed by atoms with Crippen molar-refractivity contribution in [2.45, 2.75) is 38.5 Å². The van der Waals surface area contributed by atoms with E-state index in [1.54, 1.807) is 32.5 Å². The fraction of sp³-hybridized carbons (Fsp3) is 0.818. The Bertz CT molecular complexity index is 311. The molecule has 2 unspecified atom stereocenters. The van der Waals surface area contributed by atoms with Gasteiger partial charge in [0.1, 0.15) is 11.6 Å². The highest BCUT2D eigenvalue weighted by molar-refractivity contribution is 7.99. The number of rotatable bonds is 3. The number of carbonyl (C=O) groups excluding carboxylic acids is 1. The molecule has 1 aliphatic heterocycles. The first kappa shape index (κ1) is 15.1. The third-order valence-electron chi connectivity index (χ3n) is 2.29. The molecule has 1 saturated heterocycles. The number of amides is 1. The quantitative estimate of drug-likeness (QED) is 0.702. The van der Waals surface area contributed by atoms with E-state index >= 15 is 0 Å². The van der Waals surface area contributed by atoms with Crippen LogP contribution in [-0.4, -0.2) is 52.9 Å². The molecule has 0 spiro atoms. The minimum Gasteiger partial charge on any atom is -0.480 e. The van der Waals surface area contributed by atoms with Crippen LogP contribution in [0.1, 0.15) is 20.8 Å². The molecule has 0 aliphatic carbocycles. The number of nitrogens with one attached hydrogen (secondary N) is 2. The summed E-state index contributed by atoms with van der Waals surface area (Å²) in [5, 5.41) is 14.7. The standard InChI is InChI=1S/C11H20N2O4S/c1-11(2,3)17-10(16)13-8(9(14)15)7-6-18-5-4-12-7/h7-8,12H,4-6H2,1-3H3,(H,13,16)(H,14,15). The van der Waals surface area contributed by atoms with Crippen LogP contribution in [-0.2, 0) is 9.53 Å². The number of carbonyl (C=O) groups is 2. The number of carboxylic acids is 1. The molecule has 0 aromatic carbocycles. The number of alkyl carbamates (subject to hydrolysis) is 1. The highest BCUT2D eigenvalue weighted by atomic mass is 32.2. The molecule has 2 atom stereocenters. The molecule has 104 valence electrons. The average molecular weight is 276 g/mol. The molecule has 1 rings (SSSR count).